The van der Waals surface area contributed by atoms with Crippen LogP contribution in [0.15, 0.2) is 9.59 Å². The van der Waals surface area contributed by atoms with Gasteiger partial charge in [0.05, 0.1) is 0 Å². The fourth-order valence-corrected chi connectivity index (χ4v) is 0.350. The quantitative estimate of drug-likeness (QED) is 0.427. The van der Waals surface area contributed by atoms with Crippen molar-refractivity contribution in [2.24, 2.45) is 0 Å². The summed E-state index contributed by atoms with van der Waals surface area (Å²) < 4.78 is 0. The topological polar surface area (TPSA) is 73.9 Å². The van der Waals surface area contributed by atoms with Crippen LogP contribution in [0.1, 0.15) is 0 Å². The molecule has 1 rings (SSSR count). The average molecular weight is 112 g/mol. The minimum absolute atomic E-state index is 1.19. The molecule has 0 N–H and O–H groups in total. The predicted octanol–water partition coefficient (Wildman–Crippen LogP) is -0.430. The van der Waals surface area contributed by atoms with Crippen LogP contribution in [0.2, 0.25) is 0 Å². The highest BCUT2D eigenvalue weighted by molar-refractivity contribution is 5.42. The molecule has 0 bridgehead atoms. The van der Waals surface area contributed by atoms with Gasteiger partial charge in [0.1, 0.15) is 0 Å². The number of hydrogen-bond acceptors (Lipinski definition) is 2. The normalized spacial score (nSPS) is 10.0. The largest absolute Gasteiger partial charge is 0.281 e. The van der Waals surface area contributed by atoms with Crippen LogP contribution in [0.5, 0.6) is 11.5 Å². The second-order valence-corrected chi connectivity index (χ2v) is 1.32. The van der Waals surface area contributed by atoms with Crippen molar-refractivity contribution in [3.63, 3.8) is 0 Å². The van der Waals surface area contributed by atoms with Gasteiger partial charge in [0, 0.05) is 0 Å². The van der Waals surface area contributed by atoms with Crippen molar-refractivity contribution in [2.45, 2.75) is 0 Å². The van der Waals surface area contributed by atoms with Crippen molar-refractivity contribution in [2.75, 3.05) is 0 Å². The minimum atomic E-state index is -1.19. The van der Waals surface area contributed by atoms with Crippen LogP contribution in [0, 0.1) is 0 Å². The summed E-state index contributed by atoms with van der Waals surface area (Å²) in [5.41, 5.74) is -2.37. The maximum absolute atomic E-state index is 9.85. The van der Waals surface area contributed by atoms with Crippen LogP contribution in [0.25, 0.3) is 0 Å². The van der Waals surface area contributed by atoms with E-state index in [9.17, 15) is 19.8 Å². The van der Waals surface area contributed by atoms with Crippen LogP contribution in [0.3, 0.4) is 0 Å². The maximum Gasteiger partial charge on any atom is 0.281 e. The lowest BCUT2D eigenvalue weighted by molar-refractivity contribution is 0.271. The van der Waals surface area contributed by atoms with Gasteiger partial charge in [-0.1, -0.05) is 0 Å². The Balaban J connectivity index is 3.48. The van der Waals surface area contributed by atoms with Crippen LogP contribution < -0.4 is 10.9 Å². The third kappa shape index (κ3) is 0.294. The fourth-order valence-electron chi connectivity index (χ4n) is 0.350. The average Bonchev–Trinajstić information content (AvgIpc) is 1.83. The zero-order valence-electron chi connectivity index (χ0n) is 3.63. The smallest absolute Gasteiger partial charge is 0.281 e. The third-order valence-electron chi connectivity index (χ3n) is 0.825. The lowest BCUT2D eigenvalue weighted by Gasteiger charge is -1.85. The zero-order valence-corrected chi connectivity index (χ0v) is 3.63. The molecule has 0 aliphatic rings. The molecule has 0 atom stereocenters. The molecule has 4 heteroatoms. The van der Waals surface area contributed by atoms with Crippen molar-refractivity contribution in [1.29, 1.82) is 0 Å². The van der Waals surface area contributed by atoms with E-state index in [-0.39, 0.29) is 0 Å². The first kappa shape index (κ1) is 4.83. The van der Waals surface area contributed by atoms with Gasteiger partial charge in [0.2, 0.25) is 0 Å². The Hall–Kier alpha value is -1.32. The molecule has 0 heterocycles. The number of rotatable bonds is 0. The molecular weight excluding hydrogens is 112 g/mol. The molecule has 8 heavy (non-hydrogen) atoms. The summed E-state index contributed by atoms with van der Waals surface area (Å²) in [6.45, 7) is 0. The van der Waals surface area contributed by atoms with E-state index in [1.165, 1.54) is 0 Å². The Morgan fingerprint density at radius 2 is 1.00 bits per heavy atom. The van der Waals surface area contributed by atoms with E-state index in [1.54, 1.807) is 0 Å². The van der Waals surface area contributed by atoms with E-state index in [0.717, 1.165) is 0 Å². The van der Waals surface area contributed by atoms with Gasteiger partial charge in [0.25, 0.3) is 22.4 Å². The van der Waals surface area contributed by atoms with Crippen molar-refractivity contribution in [3.8, 4) is 11.5 Å². The fraction of sp³-hybridized carbons (Fsp3) is 0. The molecule has 0 aliphatic heterocycles. The molecular formula is C4O4. The van der Waals surface area contributed by atoms with Crippen LogP contribution in [0.4, 0.5) is 0 Å². The molecule has 1 aromatic carbocycles. The highest BCUT2D eigenvalue weighted by Gasteiger charge is 2.22. The molecule has 0 amide bonds. The molecule has 2 radical (unpaired) electrons. The lowest BCUT2D eigenvalue weighted by Crippen LogP contribution is -2.27. The summed E-state index contributed by atoms with van der Waals surface area (Å²) >= 11 is 0. The molecule has 0 aromatic heterocycles. The van der Waals surface area contributed by atoms with Crippen molar-refractivity contribution < 1.29 is 10.2 Å². The summed E-state index contributed by atoms with van der Waals surface area (Å²) in [6.07, 6.45) is 0. The monoisotopic (exact) mass is 112 g/mol. The van der Waals surface area contributed by atoms with E-state index in [0.29, 0.717) is 0 Å². The van der Waals surface area contributed by atoms with Gasteiger partial charge in [-0.25, -0.2) is 0 Å². The molecule has 0 spiro atoms. The molecule has 40 valence electrons. The molecule has 0 fully saturated rings. The highest BCUT2D eigenvalue weighted by Crippen LogP contribution is 2.15. The first-order valence-corrected chi connectivity index (χ1v) is 1.82. The second-order valence-electron chi connectivity index (χ2n) is 1.32. The van der Waals surface area contributed by atoms with Crippen LogP contribution in [-0.2, 0) is 10.2 Å². The summed E-state index contributed by atoms with van der Waals surface area (Å²) in [6, 6.07) is 0. The Labute approximate surface area is 43.3 Å². The molecule has 0 aliphatic carbocycles. The van der Waals surface area contributed by atoms with Crippen molar-refractivity contribution >= 4 is 0 Å². The predicted molar refractivity (Wildman–Crippen MR) is 21.6 cm³/mol. The van der Waals surface area contributed by atoms with Crippen molar-refractivity contribution in [3.05, 3.63) is 20.4 Å². The van der Waals surface area contributed by atoms with Gasteiger partial charge in [-0.05, 0) is 0 Å². The standard InChI is InChI=1S/C4O4/c5-1-2(6)4(8)3(1)7. The lowest BCUT2D eigenvalue weighted by atomic mass is 10.2. The molecule has 0 saturated heterocycles. The van der Waals surface area contributed by atoms with Gasteiger partial charge in [-0.3, -0.25) is 19.8 Å². The highest BCUT2D eigenvalue weighted by atomic mass is 16.3. The molecule has 1 aromatic rings. The van der Waals surface area contributed by atoms with E-state index in [1.807, 2.05) is 0 Å². The van der Waals surface area contributed by atoms with Gasteiger partial charge in [-0.15, -0.1) is 0 Å². The SMILES string of the molecule is [O]c1c([O])c(=O)c1=O. The number of hydrogen-bond donors (Lipinski definition) is 0. The summed E-state index contributed by atoms with van der Waals surface area (Å²) in [7, 11) is 0. The van der Waals surface area contributed by atoms with Crippen molar-refractivity contribution in [1.82, 2.24) is 0 Å². The zero-order chi connectivity index (χ0) is 6.31. The van der Waals surface area contributed by atoms with E-state index in [2.05, 4.69) is 0 Å². The summed E-state index contributed by atoms with van der Waals surface area (Å²) in [4.78, 5) is 19.7. The van der Waals surface area contributed by atoms with Crippen LogP contribution in [-0.4, -0.2) is 0 Å². The molecule has 4 nitrogen and oxygen atoms in total. The van der Waals surface area contributed by atoms with Gasteiger partial charge < -0.3 is 0 Å². The second kappa shape index (κ2) is 1.09. The Bertz CT molecular complexity index is 248. The summed E-state index contributed by atoms with van der Waals surface area (Å²) in [5, 5.41) is 19.7. The molecule has 0 unspecified atom stereocenters. The third-order valence-corrected chi connectivity index (χ3v) is 0.825. The van der Waals surface area contributed by atoms with Gasteiger partial charge in [0.15, 0.2) is 0 Å². The van der Waals surface area contributed by atoms with E-state index < -0.39 is 22.4 Å². The Morgan fingerprint density at radius 3 is 1.12 bits per heavy atom. The maximum atomic E-state index is 9.85. The van der Waals surface area contributed by atoms with E-state index in [4.69, 9.17) is 0 Å². The van der Waals surface area contributed by atoms with Gasteiger partial charge >= 0.3 is 0 Å². The molecule has 0 saturated carbocycles. The first-order valence-electron chi connectivity index (χ1n) is 1.82. The summed E-state index contributed by atoms with van der Waals surface area (Å²) in [5.74, 6) is -2.37. The Morgan fingerprint density at radius 1 is 0.750 bits per heavy atom. The Kier molecular flexibility index (Phi) is 0.658. The van der Waals surface area contributed by atoms with E-state index >= 15 is 0 Å². The first-order chi connectivity index (χ1) is 3.64. The minimum Gasteiger partial charge on any atom is -0.281 e. The van der Waals surface area contributed by atoms with Gasteiger partial charge in [-0.2, -0.15) is 0 Å². The van der Waals surface area contributed by atoms with Crippen LogP contribution >= 0.6 is 0 Å².